The predicted molar refractivity (Wildman–Crippen MR) is 80.1 cm³/mol. The average Bonchev–Trinajstić information content (AvgIpc) is 2.42. The van der Waals surface area contributed by atoms with E-state index in [4.69, 9.17) is 16.3 Å². The van der Waals surface area contributed by atoms with Gasteiger partial charge in [0.2, 0.25) is 5.88 Å². The van der Waals surface area contributed by atoms with Gasteiger partial charge in [0.25, 0.3) is 0 Å². The van der Waals surface area contributed by atoms with E-state index in [1.807, 2.05) is 25.1 Å². The van der Waals surface area contributed by atoms with E-state index in [-0.39, 0.29) is 4.83 Å². The van der Waals surface area contributed by atoms with Crippen LogP contribution in [0.25, 0.3) is 0 Å². The highest BCUT2D eigenvalue weighted by atomic mass is 79.9. The number of ether oxygens (including phenoxy) is 1. The smallest absolute Gasteiger partial charge is 0.216 e. The molecule has 3 nitrogen and oxygen atoms in total. The van der Waals surface area contributed by atoms with Gasteiger partial charge < -0.3 is 4.74 Å². The molecule has 2 rings (SSSR count). The fourth-order valence-corrected chi connectivity index (χ4v) is 2.50. The molecule has 1 aromatic carbocycles. The van der Waals surface area contributed by atoms with Gasteiger partial charge in [-0.25, -0.2) is 9.97 Å². The first kappa shape index (κ1) is 14.3. The maximum atomic E-state index is 6.03. The molecule has 1 heterocycles. The van der Waals surface area contributed by atoms with Crippen LogP contribution in [0.5, 0.6) is 5.88 Å². The second-order valence-electron chi connectivity index (χ2n) is 4.23. The number of benzene rings is 1. The molecule has 0 aliphatic heterocycles. The topological polar surface area (TPSA) is 35.0 Å². The van der Waals surface area contributed by atoms with Crippen molar-refractivity contribution in [3.63, 3.8) is 0 Å². The Bertz CT molecular complexity index is 577. The van der Waals surface area contributed by atoms with Crippen LogP contribution in [-0.4, -0.2) is 17.1 Å². The van der Waals surface area contributed by atoms with Gasteiger partial charge in [0.05, 0.1) is 7.11 Å². The van der Waals surface area contributed by atoms with Crippen LogP contribution in [0, 0.1) is 6.92 Å². The van der Waals surface area contributed by atoms with E-state index in [9.17, 15) is 0 Å². The Hall–Kier alpha value is -1.13. The minimum atomic E-state index is 0.183. The summed E-state index contributed by atoms with van der Waals surface area (Å²) in [5.41, 5.74) is 3.18. The summed E-state index contributed by atoms with van der Waals surface area (Å²) in [5, 5.41) is 0.784. The zero-order chi connectivity index (χ0) is 13.8. The van der Waals surface area contributed by atoms with Gasteiger partial charge in [-0.2, -0.15) is 0 Å². The first-order valence-corrected chi connectivity index (χ1v) is 7.14. The molecule has 2 aromatic rings. The summed E-state index contributed by atoms with van der Waals surface area (Å²) in [6.45, 7) is 2.00. The summed E-state index contributed by atoms with van der Waals surface area (Å²) in [7, 11) is 1.60. The fourth-order valence-electron chi connectivity index (χ4n) is 1.76. The molecule has 100 valence electrons. The van der Waals surface area contributed by atoms with Gasteiger partial charge in [-0.3, -0.25) is 0 Å². The first-order chi connectivity index (χ1) is 9.10. The van der Waals surface area contributed by atoms with Crippen molar-refractivity contribution >= 4 is 27.5 Å². The fraction of sp³-hybridized carbons (Fsp3) is 0.286. The largest absolute Gasteiger partial charge is 0.481 e. The number of hydrogen-bond donors (Lipinski definition) is 0. The van der Waals surface area contributed by atoms with Gasteiger partial charge in [0.1, 0.15) is 6.33 Å². The standard InChI is InChI=1S/C14H14BrClN2O/c1-9-5-10(3-4-13(9)16)12(15)6-11-7-14(19-2)18-8-17-11/h3-5,7-8,12H,6H2,1-2H3. The van der Waals surface area contributed by atoms with Crippen molar-refractivity contribution in [2.45, 2.75) is 18.2 Å². The third-order valence-corrected chi connectivity index (χ3v) is 4.12. The third-order valence-electron chi connectivity index (χ3n) is 2.84. The van der Waals surface area contributed by atoms with Gasteiger partial charge >= 0.3 is 0 Å². The van der Waals surface area contributed by atoms with Crippen molar-refractivity contribution in [2.75, 3.05) is 7.11 Å². The molecule has 0 aliphatic rings. The molecule has 0 aliphatic carbocycles. The lowest BCUT2D eigenvalue weighted by atomic mass is 10.1. The average molecular weight is 342 g/mol. The van der Waals surface area contributed by atoms with E-state index < -0.39 is 0 Å². The summed E-state index contributed by atoms with van der Waals surface area (Å²) < 4.78 is 5.09. The highest BCUT2D eigenvalue weighted by molar-refractivity contribution is 9.09. The van der Waals surface area contributed by atoms with Gasteiger partial charge in [0, 0.05) is 28.0 Å². The molecule has 0 radical (unpaired) electrons. The minimum Gasteiger partial charge on any atom is -0.481 e. The van der Waals surface area contributed by atoms with Crippen molar-refractivity contribution in [2.24, 2.45) is 0 Å². The lowest BCUT2D eigenvalue weighted by molar-refractivity contribution is 0.396. The van der Waals surface area contributed by atoms with Crippen LogP contribution in [-0.2, 0) is 6.42 Å². The van der Waals surface area contributed by atoms with E-state index in [2.05, 4.69) is 32.0 Å². The SMILES string of the molecule is COc1cc(CC(Br)c2ccc(Cl)c(C)c2)ncn1. The molecular formula is C14H14BrClN2O. The van der Waals surface area contributed by atoms with Crippen molar-refractivity contribution < 1.29 is 4.74 Å². The molecule has 0 bridgehead atoms. The lowest BCUT2D eigenvalue weighted by Gasteiger charge is -2.11. The Morgan fingerprint density at radius 1 is 1.32 bits per heavy atom. The Balaban J connectivity index is 2.15. The van der Waals surface area contributed by atoms with Crippen LogP contribution in [0.15, 0.2) is 30.6 Å². The van der Waals surface area contributed by atoms with Crippen LogP contribution in [0.2, 0.25) is 5.02 Å². The third kappa shape index (κ3) is 3.67. The van der Waals surface area contributed by atoms with Crippen molar-refractivity contribution in [3.05, 3.63) is 52.4 Å². The van der Waals surface area contributed by atoms with E-state index in [0.29, 0.717) is 5.88 Å². The number of halogens is 2. The number of methoxy groups -OCH3 is 1. The maximum absolute atomic E-state index is 6.03. The van der Waals surface area contributed by atoms with E-state index >= 15 is 0 Å². The van der Waals surface area contributed by atoms with Crippen LogP contribution in [0.3, 0.4) is 0 Å². The number of aryl methyl sites for hydroxylation is 1. The summed E-state index contributed by atoms with van der Waals surface area (Å²) in [5.74, 6) is 0.581. The highest BCUT2D eigenvalue weighted by Gasteiger charge is 2.11. The van der Waals surface area contributed by atoms with Crippen molar-refractivity contribution in [1.82, 2.24) is 9.97 Å². The zero-order valence-electron chi connectivity index (χ0n) is 10.7. The molecular weight excluding hydrogens is 328 g/mol. The van der Waals surface area contributed by atoms with Gasteiger partial charge in [-0.1, -0.05) is 39.7 Å². The van der Waals surface area contributed by atoms with E-state index in [1.54, 1.807) is 7.11 Å². The van der Waals surface area contributed by atoms with Crippen LogP contribution >= 0.6 is 27.5 Å². The molecule has 0 saturated carbocycles. The number of rotatable bonds is 4. The van der Waals surface area contributed by atoms with E-state index in [1.165, 1.54) is 11.9 Å². The Morgan fingerprint density at radius 3 is 2.79 bits per heavy atom. The van der Waals surface area contributed by atoms with Crippen molar-refractivity contribution in [1.29, 1.82) is 0 Å². The monoisotopic (exact) mass is 340 g/mol. The lowest BCUT2D eigenvalue weighted by Crippen LogP contribution is -2.00. The summed E-state index contributed by atoms with van der Waals surface area (Å²) >= 11 is 9.72. The Morgan fingerprint density at radius 2 is 2.11 bits per heavy atom. The second-order valence-corrected chi connectivity index (χ2v) is 5.74. The molecule has 19 heavy (non-hydrogen) atoms. The highest BCUT2D eigenvalue weighted by Crippen LogP contribution is 2.29. The number of alkyl halides is 1. The summed E-state index contributed by atoms with van der Waals surface area (Å²) in [6, 6.07) is 7.87. The quantitative estimate of drug-likeness (QED) is 0.784. The number of hydrogen-bond acceptors (Lipinski definition) is 3. The minimum absolute atomic E-state index is 0.183. The predicted octanol–water partition coefficient (Wildman–Crippen LogP) is 4.13. The van der Waals surface area contributed by atoms with E-state index in [0.717, 1.165) is 22.7 Å². The zero-order valence-corrected chi connectivity index (χ0v) is 13.1. The van der Waals surface area contributed by atoms with Gasteiger partial charge in [-0.15, -0.1) is 0 Å². The van der Waals surface area contributed by atoms with Crippen molar-refractivity contribution in [3.8, 4) is 5.88 Å². The van der Waals surface area contributed by atoms with Gasteiger partial charge in [-0.05, 0) is 24.1 Å². The first-order valence-electron chi connectivity index (χ1n) is 5.85. The van der Waals surface area contributed by atoms with Crippen LogP contribution in [0.1, 0.15) is 21.6 Å². The molecule has 0 spiro atoms. The van der Waals surface area contributed by atoms with Gasteiger partial charge in [0.15, 0.2) is 0 Å². The number of aromatic nitrogens is 2. The molecule has 0 amide bonds. The Kier molecular flexibility index (Phi) is 4.77. The summed E-state index contributed by atoms with van der Waals surface area (Å²) in [4.78, 5) is 8.43. The Labute approximate surface area is 126 Å². The number of nitrogens with zero attached hydrogens (tertiary/aromatic N) is 2. The molecule has 1 unspecified atom stereocenters. The van der Waals surface area contributed by atoms with Crippen LogP contribution in [0.4, 0.5) is 0 Å². The molecule has 1 aromatic heterocycles. The normalized spacial score (nSPS) is 12.2. The molecule has 5 heteroatoms. The molecule has 0 fully saturated rings. The molecule has 0 N–H and O–H groups in total. The van der Waals surface area contributed by atoms with Crippen LogP contribution < -0.4 is 4.74 Å². The second kappa shape index (κ2) is 6.35. The maximum Gasteiger partial charge on any atom is 0.216 e. The molecule has 1 atom stereocenters. The summed E-state index contributed by atoms with van der Waals surface area (Å²) in [6.07, 6.45) is 2.28. The molecule has 0 saturated heterocycles.